The van der Waals surface area contributed by atoms with Crippen LogP contribution in [-0.2, 0) is 13.0 Å². The Morgan fingerprint density at radius 2 is 1.74 bits per heavy atom. The van der Waals surface area contributed by atoms with Gasteiger partial charge in [0.25, 0.3) is 0 Å². The van der Waals surface area contributed by atoms with Crippen molar-refractivity contribution in [2.45, 2.75) is 19.4 Å². The summed E-state index contributed by atoms with van der Waals surface area (Å²) in [4.78, 5) is 8.53. The van der Waals surface area contributed by atoms with Gasteiger partial charge in [-0.15, -0.1) is 10.2 Å². The standard InChI is InChI=1S/C24H29N7/c25-21-5-1-3-19(13-21)16-30-11-9-29(10-12-30)8-2-4-20-15-26-24-7-6-22(14-23(20)24)31-17-27-28-18-31/h1,3,5-7,13-15,17-18,26H,2,4,8-12,16,25H2. The van der Waals surface area contributed by atoms with Crippen LogP contribution in [0.4, 0.5) is 5.69 Å². The number of hydrogen-bond acceptors (Lipinski definition) is 5. The topological polar surface area (TPSA) is 79.0 Å². The van der Waals surface area contributed by atoms with Crippen LogP contribution in [0, 0.1) is 0 Å². The van der Waals surface area contributed by atoms with Gasteiger partial charge >= 0.3 is 0 Å². The molecule has 7 heteroatoms. The van der Waals surface area contributed by atoms with Crippen LogP contribution in [0.3, 0.4) is 0 Å². The Morgan fingerprint density at radius 1 is 0.935 bits per heavy atom. The van der Waals surface area contributed by atoms with E-state index in [0.29, 0.717) is 0 Å². The van der Waals surface area contributed by atoms with Crippen molar-refractivity contribution >= 4 is 16.6 Å². The van der Waals surface area contributed by atoms with E-state index in [4.69, 9.17) is 5.73 Å². The number of H-pyrrole nitrogens is 1. The van der Waals surface area contributed by atoms with Crippen molar-refractivity contribution in [3.05, 3.63) is 72.4 Å². The molecule has 4 aromatic rings. The SMILES string of the molecule is Nc1cccc(CN2CCN(CCCc3c[nH]c4ccc(-n5cnnc5)cc34)CC2)c1. The van der Waals surface area contributed by atoms with E-state index in [1.165, 1.54) is 28.5 Å². The Labute approximate surface area is 182 Å². The largest absolute Gasteiger partial charge is 0.399 e. The molecule has 0 bridgehead atoms. The highest BCUT2D eigenvalue weighted by Crippen LogP contribution is 2.23. The monoisotopic (exact) mass is 415 g/mol. The van der Waals surface area contributed by atoms with Crippen LogP contribution in [0.1, 0.15) is 17.5 Å². The molecule has 5 rings (SSSR count). The second-order valence-electron chi connectivity index (χ2n) is 8.38. The molecule has 0 spiro atoms. The quantitative estimate of drug-likeness (QED) is 0.454. The van der Waals surface area contributed by atoms with E-state index in [1.54, 1.807) is 12.7 Å². The van der Waals surface area contributed by atoms with E-state index < -0.39 is 0 Å². The van der Waals surface area contributed by atoms with Crippen molar-refractivity contribution in [3.8, 4) is 5.69 Å². The van der Waals surface area contributed by atoms with Gasteiger partial charge in [-0.05, 0) is 60.8 Å². The third-order valence-electron chi connectivity index (χ3n) is 6.21. The van der Waals surface area contributed by atoms with Crippen LogP contribution >= 0.6 is 0 Å². The van der Waals surface area contributed by atoms with Gasteiger partial charge in [0.1, 0.15) is 12.7 Å². The minimum Gasteiger partial charge on any atom is -0.399 e. The predicted molar refractivity (Wildman–Crippen MR) is 124 cm³/mol. The molecule has 31 heavy (non-hydrogen) atoms. The molecule has 2 aromatic carbocycles. The zero-order chi connectivity index (χ0) is 21.0. The van der Waals surface area contributed by atoms with E-state index in [1.807, 2.05) is 16.7 Å². The zero-order valence-electron chi connectivity index (χ0n) is 17.7. The highest BCUT2D eigenvalue weighted by Gasteiger charge is 2.17. The molecule has 3 N–H and O–H groups in total. The van der Waals surface area contributed by atoms with Gasteiger partial charge in [-0.25, -0.2) is 0 Å². The van der Waals surface area contributed by atoms with Crippen molar-refractivity contribution in [1.29, 1.82) is 0 Å². The van der Waals surface area contributed by atoms with E-state index in [9.17, 15) is 0 Å². The van der Waals surface area contributed by atoms with Crippen LogP contribution in [-0.4, -0.2) is 62.3 Å². The first kappa shape index (κ1) is 19.8. The second-order valence-corrected chi connectivity index (χ2v) is 8.38. The Hall–Kier alpha value is -3.16. The maximum atomic E-state index is 5.91. The number of aromatic nitrogens is 4. The minimum absolute atomic E-state index is 0.849. The first-order valence-electron chi connectivity index (χ1n) is 11.0. The Kier molecular flexibility index (Phi) is 5.69. The summed E-state index contributed by atoms with van der Waals surface area (Å²) in [5, 5.41) is 9.12. The number of nitrogens with zero attached hydrogens (tertiary/aromatic N) is 5. The molecular formula is C24H29N7. The third kappa shape index (κ3) is 4.62. The van der Waals surface area contributed by atoms with Gasteiger partial charge in [-0.3, -0.25) is 9.47 Å². The molecule has 1 saturated heterocycles. The normalized spacial score (nSPS) is 15.6. The summed E-state index contributed by atoms with van der Waals surface area (Å²) in [6.45, 7) is 6.63. The van der Waals surface area contributed by atoms with Gasteiger partial charge in [0.15, 0.2) is 0 Å². The highest BCUT2D eigenvalue weighted by molar-refractivity contribution is 5.85. The fourth-order valence-electron chi connectivity index (χ4n) is 4.48. The van der Waals surface area contributed by atoms with E-state index >= 15 is 0 Å². The average molecular weight is 416 g/mol. The number of nitrogen functional groups attached to an aromatic ring is 1. The Balaban J connectivity index is 1.12. The molecule has 0 radical (unpaired) electrons. The number of hydrogen-bond donors (Lipinski definition) is 2. The van der Waals surface area contributed by atoms with Gasteiger partial charge in [0.05, 0.1) is 0 Å². The van der Waals surface area contributed by atoms with Gasteiger partial charge in [0.2, 0.25) is 0 Å². The van der Waals surface area contributed by atoms with E-state index in [-0.39, 0.29) is 0 Å². The lowest BCUT2D eigenvalue weighted by atomic mass is 10.1. The molecule has 0 unspecified atom stereocenters. The first-order chi connectivity index (χ1) is 15.2. The zero-order valence-corrected chi connectivity index (χ0v) is 17.7. The molecule has 1 aliphatic heterocycles. The number of benzene rings is 2. The van der Waals surface area contributed by atoms with Crippen LogP contribution in [0.2, 0.25) is 0 Å². The van der Waals surface area contributed by atoms with Crippen LogP contribution in [0.5, 0.6) is 0 Å². The smallest absolute Gasteiger partial charge is 0.123 e. The number of fused-ring (bicyclic) bond motifs is 1. The van der Waals surface area contributed by atoms with Gasteiger partial charge in [-0.1, -0.05) is 12.1 Å². The number of anilines is 1. The number of nitrogens with one attached hydrogen (secondary N) is 1. The van der Waals surface area contributed by atoms with Crippen molar-refractivity contribution in [3.63, 3.8) is 0 Å². The van der Waals surface area contributed by atoms with Crippen LogP contribution < -0.4 is 5.73 Å². The second kappa shape index (κ2) is 8.91. The fourth-order valence-corrected chi connectivity index (χ4v) is 4.48. The number of piperazine rings is 1. The van der Waals surface area contributed by atoms with Gasteiger partial charge < -0.3 is 15.6 Å². The lowest BCUT2D eigenvalue weighted by Crippen LogP contribution is -2.46. The summed E-state index contributed by atoms with van der Waals surface area (Å²) in [7, 11) is 0. The molecule has 2 aromatic heterocycles. The van der Waals surface area contributed by atoms with Crippen molar-refractivity contribution in [2.75, 3.05) is 38.5 Å². The van der Waals surface area contributed by atoms with Crippen LogP contribution in [0.25, 0.3) is 16.6 Å². The van der Waals surface area contributed by atoms with Crippen molar-refractivity contribution in [2.24, 2.45) is 0 Å². The molecule has 7 nitrogen and oxygen atoms in total. The molecule has 0 amide bonds. The van der Waals surface area contributed by atoms with Gasteiger partial charge in [0, 0.05) is 61.2 Å². The van der Waals surface area contributed by atoms with Crippen LogP contribution in [0.15, 0.2) is 61.3 Å². The third-order valence-corrected chi connectivity index (χ3v) is 6.21. The molecule has 0 atom stereocenters. The van der Waals surface area contributed by atoms with Gasteiger partial charge in [-0.2, -0.15) is 0 Å². The first-order valence-corrected chi connectivity index (χ1v) is 11.0. The summed E-state index contributed by atoms with van der Waals surface area (Å²) in [6.07, 6.45) is 7.87. The number of rotatable bonds is 7. The molecule has 0 aliphatic carbocycles. The maximum Gasteiger partial charge on any atom is 0.123 e. The summed E-state index contributed by atoms with van der Waals surface area (Å²) in [6, 6.07) is 14.7. The van der Waals surface area contributed by atoms with Crippen molar-refractivity contribution < 1.29 is 0 Å². The molecular weight excluding hydrogens is 386 g/mol. The Morgan fingerprint density at radius 3 is 2.55 bits per heavy atom. The average Bonchev–Trinajstić information content (AvgIpc) is 3.45. The van der Waals surface area contributed by atoms with E-state index in [0.717, 1.165) is 57.1 Å². The minimum atomic E-state index is 0.849. The molecule has 1 fully saturated rings. The molecule has 160 valence electrons. The molecule has 3 heterocycles. The molecule has 1 aliphatic rings. The fraction of sp³-hybridized carbons (Fsp3) is 0.333. The lowest BCUT2D eigenvalue weighted by molar-refractivity contribution is 0.126. The lowest BCUT2D eigenvalue weighted by Gasteiger charge is -2.34. The number of aromatic amines is 1. The summed E-state index contributed by atoms with van der Waals surface area (Å²) >= 11 is 0. The number of nitrogens with two attached hydrogens (primary N) is 1. The maximum absolute atomic E-state index is 5.91. The van der Waals surface area contributed by atoms with E-state index in [2.05, 4.69) is 61.5 Å². The summed E-state index contributed by atoms with van der Waals surface area (Å²) in [5.41, 5.74) is 11.7. The highest BCUT2D eigenvalue weighted by atomic mass is 15.3. The predicted octanol–water partition coefficient (Wildman–Crippen LogP) is 3.08. The Bertz CT molecular complexity index is 1120. The molecule has 0 saturated carbocycles. The van der Waals surface area contributed by atoms with Crippen molar-refractivity contribution in [1.82, 2.24) is 29.5 Å². The summed E-state index contributed by atoms with van der Waals surface area (Å²) < 4.78 is 1.94. The number of aryl methyl sites for hydroxylation is 1. The summed E-state index contributed by atoms with van der Waals surface area (Å²) in [5.74, 6) is 0.